The van der Waals surface area contributed by atoms with Gasteiger partial charge in [-0.1, -0.05) is 18.3 Å². The standard InChI is InChI=1S/C18H15BrN6O2S/c1-3-15-22-23-18-25(15)24-17(28-18)10-4-5-14(27-2)13(7-10)21-16(26)11-6-12(19)9-20-8-11/h4-9H,3H2,1-2H3,(H,21,26). The summed E-state index contributed by atoms with van der Waals surface area (Å²) >= 11 is 4.76. The van der Waals surface area contributed by atoms with Crippen LogP contribution in [0.4, 0.5) is 5.69 Å². The number of ether oxygens (including phenoxy) is 1. The molecular weight excluding hydrogens is 444 g/mol. The van der Waals surface area contributed by atoms with Crippen molar-refractivity contribution in [2.24, 2.45) is 0 Å². The third-order valence-electron chi connectivity index (χ3n) is 4.03. The van der Waals surface area contributed by atoms with E-state index >= 15 is 0 Å². The van der Waals surface area contributed by atoms with Crippen LogP contribution in [0.5, 0.6) is 5.75 Å². The zero-order chi connectivity index (χ0) is 19.7. The molecule has 0 aliphatic heterocycles. The SMILES string of the molecule is CCc1nnc2sc(-c3ccc(OC)c(NC(=O)c4cncc(Br)c4)c3)nn12. The molecule has 3 heterocycles. The summed E-state index contributed by atoms with van der Waals surface area (Å²) < 4.78 is 7.87. The van der Waals surface area contributed by atoms with Crippen molar-refractivity contribution in [2.45, 2.75) is 13.3 Å². The molecule has 1 N–H and O–H groups in total. The van der Waals surface area contributed by atoms with Gasteiger partial charge in [0.15, 0.2) is 5.82 Å². The number of hydrogen-bond donors (Lipinski definition) is 1. The van der Waals surface area contributed by atoms with E-state index in [1.54, 1.807) is 30.0 Å². The van der Waals surface area contributed by atoms with E-state index in [0.717, 1.165) is 32.2 Å². The molecule has 1 amide bonds. The minimum atomic E-state index is -0.282. The van der Waals surface area contributed by atoms with E-state index in [1.165, 1.54) is 17.5 Å². The summed E-state index contributed by atoms with van der Waals surface area (Å²) in [6, 6.07) is 7.23. The van der Waals surface area contributed by atoms with Crippen molar-refractivity contribution < 1.29 is 9.53 Å². The number of methoxy groups -OCH3 is 1. The number of fused-ring (bicyclic) bond motifs is 1. The predicted molar refractivity (Wildman–Crippen MR) is 110 cm³/mol. The van der Waals surface area contributed by atoms with Crippen molar-refractivity contribution in [2.75, 3.05) is 12.4 Å². The topological polar surface area (TPSA) is 94.3 Å². The van der Waals surface area contributed by atoms with Gasteiger partial charge in [-0.05, 0) is 40.2 Å². The summed E-state index contributed by atoms with van der Waals surface area (Å²) in [5.41, 5.74) is 1.83. The molecule has 8 nitrogen and oxygen atoms in total. The van der Waals surface area contributed by atoms with Crippen LogP contribution >= 0.6 is 27.3 Å². The Hall–Kier alpha value is -2.85. The molecule has 10 heteroatoms. The summed E-state index contributed by atoms with van der Waals surface area (Å²) in [7, 11) is 1.56. The number of aromatic nitrogens is 5. The summed E-state index contributed by atoms with van der Waals surface area (Å²) in [6.45, 7) is 2.01. The number of amides is 1. The van der Waals surface area contributed by atoms with Crippen molar-refractivity contribution in [1.29, 1.82) is 0 Å². The van der Waals surface area contributed by atoms with Gasteiger partial charge in [0.1, 0.15) is 10.8 Å². The minimum Gasteiger partial charge on any atom is -0.495 e. The van der Waals surface area contributed by atoms with Crippen LogP contribution in [0.15, 0.2) is 41.1 Å². The van der Waals surface area contributed by atoms with Crippen LogP contribution in [-0.4, -0.2) is 37.8 Å². The van der Waals surface area contributed by atoms with Gasteiger partial charge in [0.25, 0.3) is 5.91 Å². The van der Waals surface area contributed by atoms with Gasteiger partial charge in [0, 0.05) is 28.9 Å². The fourth-order valence-electron chi connectivity index (χ4n) is 2.66. The number of rotatable bonds is 5. The highest BCUT2D eigenvalue weighted by atomic mass is 79.9. The van der Waals surface area contributed by atoms with Gasteiger partial charge in [-0.25, -0.2) is 0 Å². The van der Waals surface area contributed by atoms with Gasteiger partial charge < -0.3 is 10.1 Å². The molecule has 3 aromatic heterocycles. The van der Waals surface area contributed by atoms with Crippen LogP contribution in [-0.2, 0) is 6.42 Å². The van der Waals surface area contributed by atoms with Crippen LogP contribution < -0.4 is 10.1 Å². The first-order chi connectivity index (χ1) is 13.6. The number of carbonyl (C=O) groups is 1. The van der Waals surface area contributed by atoms with Gasteiger partial charge in [-0.3, -0.25) is 9.78 Å². The molecule has 0 atom stereocenters. The molecule has 0 fully saturated rings. The Morgan fingerprint density at radius 1 is 1.29 bits per heavy atom. The monoisotopic (exact) mass is 458 g/mol. The number of aryl methyl sites for hydroxylation is 1. The van der Waals surface area contributed by atoms with Gasteiger partial charge in [-0.2, -0.15) is 9.61 Å². The van der Waals surface area contributed by atoms with Crippen LogP contribution in [0.3, 0.4) is 0 Å². The van der Waals surface area contributed by atoms with Gasteiger partial charge in [-0.15, -0.1) is 10.2 Å². The summed E-state index contributed by atoms with van der Waals surface area (Å²) in [4.78, 5) is 17.4. The quantitative estimate of drug-likeness (QED) is 0.488. The lowest BCUT2D eigenvalue weighted by Gasteiger charge is -2.11. The molecule has 28 heavy (non-hydrogen) atoms. The Morgan fingerprint density at radius 3 is 2.89 bits per heavy atom. The largest absolute Gasteiger partial charge is 0.495 e. The molecule has 4 aromatic rings. The first-order valence-electron chi connectivity index (χ1n) is 8.40. The van der Waals surface area contributed by atoms with Crippen LogP contribution in [0.25, 0.3) is 15.5 Å². The summed E-state index contributed by atoms with van der Waals surface area (Å²) in [6.07, 6.45) is 3.87. The molecule has 142 valence electrons. The Balaban J connectivity index is 1.68. The number of pyridine rings is 1. The van der Waals surface area contributed by atoms with Crippen molar-refractivity contribution in [3.63, 3.8) is 0 Å². The van der Waals surface area contributed by atoms with E-state index in [9.17, 15) is 4.79 Å². The fourth-order valence-corrected chi connectivity index (χ4v) is 3.88. The first kappa shape index (κ1) is 18.5. The zero-order valence-electron chi connectivity index (χ0n) is 15.0. The molecular formula is C18H15BrN6O2S. The smallest absolute Gasteiger partial charge is 0.257 e. The molecule has 0 radical (unpaired) electrons. The molecule has 0 aliphatic carbocycles. The lowest BCUT2D eigenvalue weighted by molar-refractivity contribution is 0.102. The molecule has 0 unspecified atom stereocenters. The molecule has 0 aliphatic rings. The lowest BCUT2D eigenvalue weighted by Crippen LogP contribution is -2.13. The van der Waals surface area contributed by atoms with Crippen molar-refractivity contribution in [3.05, 3.63) is 52.5 Å². The van der Waals surface area contributed by atoms with Crippen molar-refractivity contribution >= 4 is 43.8 Å². The molecule has 4 rings (SSSR count). The van der Waals surface area contributed by atoms with Crippen LogP contribution in [0.2, 0.25) is 0 Å². The van der Waals surface area contributed by atoms with E-state index < -0.39 is 0 Å². The number of nitrogens with zero attached hydrogens (tertiary/aromatic N) is 5. The number of nitrogens with one attached hydrogen (secondary N) is 1. The number of benzene rings is 1. The van der Waals surface area contributed by atoms with Crippen molar-refractivity contribution in [1.82, 2.24) is 24.8 Å². The fraction of sp³-hybridized carbons (Fsp3) is 0.167. The van der Waals surface area contributed by atoms with Gasteiger partial charge in [0.05, 0.1) is 18.4 Å². The van der Waals surface area contributed by atoms with Crippen LogP contribution in [0.1, 0.15) is 23.1 Å². The van der Waals surface area contributed by atoms with E-state index in [2.05, 4.69) is 41.5 Å². The molecule has 0 saturated heterocycles. The van der Waals surface area contributed by atoms with Gasteiger partial charge in [0.2, 0.25) is 4.96 Å². The second kappa shape index (κ2) is 7.64. The predicted octanol–water partition coefficient (Wildman–Crippen LogP) is 3.83. The highest BCUT2D eigenvalue weighted by Crippen LogP contribution is 2.33. The highest BCUT2D eigenvalue weighted by molar-refractivity contribution is 9.10. The second-order valence-corrected chi connectivity index (χ2v) is 7.70. The number of carbonyl (C=O) groups excluding carboxylic acids is 1. The molecule has 0 bridgehead atoms. The maximum absolute atomic E-state index is 12.6. The first-order valence-corrected chi connectivity index (χ1v) is 10.0. The highest BCUT2D eigenvalue weighted by Gasteiger charge is 2.15. The average molecular weight is 459 g/mol. The molecule has 1 aromatic carbocycles. The average Bonchev–Trinajstić information content (AvgIpc) is 3.28. The summed E-state index contributed by atoms with van der Waals surface area (Å²) in [5, 5.41) is 16.5. The second-order valence-electron chi connectivity index (χ2n) is 5.83. The summed E-state index contributed by atoms with van der Waals surface area (Å²) in [5.74, 6) is 1.08. The Kier molecular flexibility index (Phi) is 5.05. The van der Waals surface area contributed by atoms with E-state index in [0.29, 0.717) is 17.0 Å². The minimum absolute atomic E-state index is 0.282. The zero-order valence-corrected chi connectivity index (χ0v) is 17.4. The number of anilines is 1. The maximum Gasteiger partial charge on any atom is 0.257 e. The third kappa shape index (κ3) is 3.48. The Morgan fingerprint density at radius 2 is 2.14 bits per heavy atom. The molecule has 0 saturated carbocycles. The normalized spacial score (nSPS) is 11.0. The Labute approximate surface area is 172 Å². The third-order valence-corrected chi connectivity index (χ3v) is 5.41. The molecule has 0 spiro atoms. The van der Waals surface area contributed by atoms with Gasteiger partial charge >= 0.3 is 0 Å². The van der Waals surface area contributed by atoms with E-state index in [1.807, 2.05) is 19.1 Å². The van der Waals surface area contributed by atoms with E-state index in [-0.39, 0.29) is 5.91 Å². The number of halogens is 1. The maximum atomic E-state index is 12.6. The number of hydrogen-bond acceptors (Lipinski definition) is 7. The van der Waals surface area contributed by atoms with Crippen molar-refractivity contribution in [3.8, 4) is 16.3 Å². The van der Waals surface area contributed by atoms with E-state index in [4.69, 9.17) is 4.74 Å². The Bertz CT molecular complexity index is 1170. The lowest BCUT2D eigenvalue weighted by atomic mass is 10.2. The van der Waals surface area contributed by atoms with Crippen LogP contribution in [0, 0.1) is 0 Å².